The van der Waals surface area contributed by atoms with E-state index in [1.807, 2.05) is 0 Å². The summed E-state index contributed by atoms with van der Waals surface area (Å²) < 4.78 is 103. The zero-order valence-corrected chi connectivity index (χ0v) is 14.2. The van der Waals surface area contributed by atoms with E-state index >= 15 is 0 Å². The minimum absolute atomic E-state index is 0.298. The van der Waals surface area contributed by atoms with Crippen LogP contribution in [0.1, 0.15) is 35.1 Å². The van der Waals surface area contributed by atoms with Crippen LogP contribution in [-0.4, -0.2) is 5.78 Å². The van der Waals surface area contributed by atoms with Crippen LogP contribution in [0, 0.1) is 11.6 Å². The van der Waals surface area contributed by atoms with Crippen molar-refractivity contribution in [1.82, 2.24) is 0 Å². The normalized spacial score (nSPS) is 12.3. The van der Waals surface area contributed by atoms with Crippen molar-refractivity contribution in [2.75, 3.05) is 0 Å². The van der Waals surface area contributed by atoms with Gasteiger partial charge in [-0.05, 0) is 60.4 Å². The highest BCUT2D eigenvalue weighted by atomic mass is 19.4. The number of carbonyl (C=O) groups excluding carboxylic acids is 1. The van der Waals surface area contributed by atoms with Crippen LogP contribution in [0.5, 0.6) is 0 Å². The Kier molecular flexibility index (Phi) is 6.46. The third-order valence-corrected chi connectivity index (χ3v) is 4.09. The summed E-state index contributed by atoms with van der Waals surface area (Å²) in [5, 5.41) is 0. The molecule has 1 nitrogen and oxygen atoms in total. The number of ketones is 1. The van der Waals surface area contributed by atoms with Crippen LogP contribution in [0.3, 0.4) is 0 Å². The highest BCUT2D eigenvalue weighted by Gasteiger charge is 2.32. The van der Waals surface area contributed by atoms with Gasteiger partial charge in [0, 0.05) is 12.8 Å². The van der Waals surface area contributed by atoms with Crippen LogP contribution in [-0.2, 0) is 30.0 Å². The first-order chi connectivity index (χ1) is 12.9. The summed E-state index contributed by atoms with van der Waals surface area (Å²) in [5.74, 6) is -2.33. The van der Waals surface area contributed by atoms with Crippen molar-refractivity contribution in [2.24, 2.45) is 0 Å². The number of carbonyl (C=O) groups is 1. The van der Waals surface area contributed by atoms with Crippen molar-refractivity contribution in [3.63, 3.8) is 0 Å². The first-order valence-electron chi connectivity index (χ1n) is 8.11. The predicted octanol–water partition coefficient (Wildman–Crippen LogP) is 6.14. The van der Waals surface area contributed by atoms with E-state index in [4.69, 9.17) is 0 Å². The van der Waals surface area contributed by atoms with Crippen molar-refractivity contribution in [3.05, 3.63) is 70.3 Å². The Bertz CT molecular complexity index is 782. The van der Waals surface area contributed by atoms with Crippen molar-refractivity contribution in [1.29, 1.82) is 0 Å². The molecule has 152 valence electrons. The summed E-state index contributed by atoms with van der Waals surface area (Å²) in [7, 11) is 0. The molecule has 0 unspecified atom stereocenters. The number of benzene rings is 2. The van der Waals surface area contributed by atoms with Crippen molar-refractivity contribution in [2.45, 2.75) is 38.0 Å². The van der Waals surface area contributed by atoms with Gasteiger partial charge in [0.05, 0.1) is 11.1 Å². The molecule has 0 heterocycles. The lowest BCUT2D eigenvalue weighted by atomic mass is 9.99. The van der Waals surface area contributed by atoms with E-state index in [0.717, 1.165) is 0 Å². The van der Waals surface area contributed by atoms with Crippen molar-refractivity contribution >= 4 is 5.78 Å². The molecular weight excluding hydrogens is 396 g/mol. The largest absolute Gasteiger partial charge is 0.416 e. The Balaban J connectivity index is 1.99. The molecule has 0 radical (unpaired) electrons. The second-order valence-corrected chi connectivity index (χ2v) is 6.15. The first-order valence-corrected chi connectivity index (χ1v) is 8.11. The van der Waals surface area contributed by atoms with Gasteiger partial charge in [-0.3, -0.25) is 4.79 Å². The number of alkyl halides is 6. The molecule has 0 aliphatic rings. The van der Waals surface area contributed by atoms with Gasteiger partial charge in [-0.2, -0.15) is 26.3 Å². The van der Waals surface area contributed by atoms with E-state index in [1.54, 1.807) is 0 Å². The number of hydrogen-bond acceptors (Lipinski definition) is 1. The summed E-state index contributed by atoms with van der Waals surface area (Å²) in [6.45, 7) is 0. The van der Waals surface area contributed by atoms with Gasteiger partial charge >= 0.3 is 12.4 Å². The molecule has 28 heavy (non-hydrogen) atoms. The maximum Gasteiger partial charge on any atom is 0.416 e. The summed E-state index contributed by atoms with van der Waals surface area (Å²) >= 11 is 0. The zero-order chi connectivity index (χ0) is 21.1. The van der Waals surface area contributed by atoms with Crippen LogP contribution < -0.4 is 0 Å². The average molecular weight is 410 g/mol. The van der Waals surface area contributed by atoms with E-state index in [9.17, 15) is 39.9 Å². The number of halogens is 8. The van der Waals surface area contributed by atoms with Gasteiger partial charge < -0.3 is 0 Å². The Labute approximate surface area is 155 Å². The molecular formula is C19H14F8O. The molecule has 0 N–H and O–H groups in total. The van der Waals surface area contributed by atoms with Gasteiger partial charge in [-0.15, -0.1) is 0 Å². The lowest BCUT2D eigenvalue weighted by molar-refractivity contribution is -0.138. The Hall–Kier alpha value is -2.45. The van der Waals surface area contributed by atoms with E-state index < -0.39 is 40.9 Å². The number of Topliss-reactive ketones (excluding diaryl/α,β-unsaturated/α-hetero) is 1. The van der Waals surface area contributed by atoms with Crippen LogP contribution in [0.15, 0.2) is 36.4 Å². The molecule has 2 aromatic carbocycles. The Morgan fingerprint density at radius 2 is 1.04 bits per heavy atom. The maximum atomic E-state index is 13.6. The van der Waals surface area contributed by atoms with E-state index in [0.29, 0.717) is 36.4 Å². The van der Waals surface area contributed by atoms with Gasteiger partial charge in [-0.1, -0.05) is 0 Å². The van der Waals surface area contributed by atoms with Gasteiger partial charge in [0.25, 0.3) is 0 Å². The fourth-order valence-corrected chi connectivity index (χ4v) is 2.56. The standard InChI is InChI=1S/C19H14F8O/c20-16-7-3-13(18(22,23)24)9-11(16)1-5-15(28)6-2-12-10-14(19(25,26)27)4-8-17(12)21/h3-4,7-10H,1-2,5-6H2. The number of rotatable bonds is 6. The average Bonchev–Trinajstić information content (AvgIpc) is 2.58. The number of hydrogen-bond donors (Lipinski definition) is 0. The predicted molar refractivity (Wildman–Crippen MR) is 84.5 cm³/mol. The lowest BCUT2D eigenvalue weighted by Gasteiger charge is -2.10. The molecule has 0 saturated heterocycles. The summed E-state index contributed by atoms with van der Waals surface area (Å²) in [4.78, 5) is 11.9. The van der Waals surface area contributed by atoms with E-state index in [-0.39, 0.29) is 36.8 Å². The lowest BCUT2D eigenvalue weighted by Crippen LogP contribution is -2.09. The molecule has 2 rings (SSSR count). The topological polar surface area (TPSA) is 17.1 Å². The monoisotopic (exact) mass is 410 g/mol. The molecule has 0 aliphatic heterocycles. The molecule has 0 saturated carbocycles. The Morgan fingerprint density at radius 3 is 1.36 bits per heavy atom. The molecule has 0 aliphatic carbocycles. The summed E-state index contributed by atoms with van der Waals surface area (Å²) in [6, 6.07) is 3.68. The highest BCUT2D eigenvalue weighted by Crippen LogP contribution is 2.31. The van der Waals surface area contributed by atoms with Gasteiger partial charge in [-0.25, -0.2) is 8.78 Å². The summed E-state index contributed by atoms with van der Waals surface area (Å²) in [5.41, 5.74) is -2.70. The zero-order valence-electron chi connectivity index (χ0n) is 14.2. The molecule has 0 aromatic heterocycles. The molecule has 0 fully saturated rings. The van der Waals surface area contributed by atoms with Crippen LogP contribution in [0.2, 0.25) is 0 Å². The molecule has 0 amide bonds. The van der Waals surface area contributed by atoms with E-state index in [2.05, 4.69) is 0 Å². The SMILES string of the molecule is O=C(CCc1cc(C(F)(F)F)ccc1F)CCc1cc(C(F)(F)F)ccc1F. The van der Waals surface area contributed by atoms with Gasteiger partial charge in [0.1, 0.15) is 17.4 Å². The molecule has 2 aromatic rings. The molecule has 9 heteroatoms. The highest BCUT2D eigenvalue weighted by molar-refractivity contribution is 5.78. The quantitative estimate of drug-likeness (QED) is 0.523. The van der Waals surface area contributed by atoms with Crippen molar-refractivity contribution < 1.29 is 39.9 Å². The smallest absolute Gasteiger partial charge is 0.300 e. The first kappa shape index (κ1) is 21.8. The Morgan fingerprint density at radius 1 is 0.679 bits per heavy atom. The minimum Gasteiger partial charge on any atom is -0.300 e. The third-order valence-electron chi connectivity index (χ3n) is 4.09. The molecule has 0 atom stereocenters. The van der Waals surface area contributed by atoms with E-state index in [1.165, 1.54) is 0 Å². The second kappa shape index (κ2) is 8.28. The second-order valence-electron chi connectivity index (χ2n) is 6.15. The maximum absolute atomic E-state index is 13.6. The van der Waals surface area contributed by atoms with Crippen LogP contribution in [0.4, 0.5) is 35.1 Å². The minimum atomic E-state index is -4.66. The molecule has 0 spiro atoms. The fraction of sp³-hybridized carbons (Fsp3) is 0.316. The van der Waals surface area contributed by atoms with Crippen LogP contribution >= 0.6 is 0 Å². The number of aryl methyl sites for hydroxylation is 2. The van der Waals surface area contributed by atoms with Crippen molar-refractivity contribution in [3.8, 4) is 0 Å². The third kappa shape index (κ3) is 5.77. The molecule has 0 bridgehead atoms. The van der Waals surface area contributed by atoms with Gasteiger partial charge in [0.2, 0.25) is 0 Å². The summed E-state index contributed by atoms with van der Waals surface area (Å²) in [6.07, 6.45) is -10.6. The van der Waals surface area contributed by atoms with Gasteiger partial charge in [0.15, 0.2) is 0 Å². The fourth-order valence-electron chi connectivity index (χ4n) is 2.56. The van der Waals surface area contributed by atoms with Crippen LogP contribution in [0.25, 0.3) is 0 Å².